The molecule has 0 amide bonds. The fraction of sp³-hybridized carbons (Fsp3) is 0. The lowest BCUT2D eigenvalue weighted by Crippen LogP contribution is -2.03. The Morgan fingerprint density at radius 3 is 1.92 bits per heavy atom. The molecule has 0 radical (unpaired) electrons. The molecule has 0 fully saturated rings. The van der Waals surface area contributed by atoms with Gasteiger partial charge in [-0.15, -0.1) is 11.3 Å². The second-order valence-corrected chi connectivity index (χ2v) is 13.3. The molecule has 0 aliphatic carbocycles. The van der Waals surface area contributed by atoms with Crippen molar-refractivity contribution in [2.45, 2.75) is 0 Å². The lowest BCUT2D eigenvalue weighted by Gasteiger charge is -2.13. The second kappa shape index (κ2) is 10.7. The Morgan fingerprint density at radius 2 is 1.06 bits per heavy atom. The number of fused-ring (bicyclic) bond motifs is 8. The molecule has 10 aromatic rings. The minimum absolute atomic E-state index is 0.674. The van der Waals surface area contributed by atoms with E-state index >= 15 is 0 Å². The fourth-order valence-corrected chi connectivity index (χ4v) is 8.43. The van der Waals surface area contributed by atoms with Crippen molar-refractivity contribution in [1.29, 1.82) is 0 Å². The van der Waals surface area contributed by atoms with Gasteiger partial charge < -0.3 is 0 Å². The normalized spacial score (nSPS) is 11.8. The van der Waals surface area contributed by atoms with Crippen LogP contribution >= 0.6 is 11.3 Å². The zero-order valence-electron chi connectivity index (χ0n) is 25.8. The molecule has 3 heterocycles. The van der Waals surface area contributed by atoms with Gasteiger partial charge in [-0.1, -0.05) is 133 Å². The van der Waals surface area contributed by atoms with E-state index in [4.69, 9.17) is 9.97 Å². The van der Waals surface area contributed by atoms with Crippen molar-refractivity contribution in [3.8, 4) is 39.5 Å². The van der Waals surface area contributed by atoms with E-state index in [0.29, 0.717) is 5.95 Å². The van der Waals surface area contributed by atoms with E-state index in [-0.39, 0.29) is 0 Å². The van der Waals surface area contributed by atoms with Crippen molar-refractivity contribution >= 4 is 64.2 Å². The zero-order chi connectivity index (χ0) is 31.6. The summed E-state index contributed by atoms with van der Waals surface area (Å²) in [4.78, 5) is 10.6. The Morgan fingerprint density at radius 1 is 0.417 bits per heavy atom. The predicted octanol–water partition coefficient (Wildman–Crippen LogP) is 12.1. The van der Waals surface area contributed by atoms with Gasteiger partial charge in [0.2, 0.25) is 5.95 Å². The Balaban J connectivity index is 1.17. The highest BCUT2D eigenvalue weighted by Gasteiger charge is 2.20. The zero-order valence-corrected chi connectivity index (χ0v) is 26.7. The monoisotopic (exact) mass is 629 g/mol. The number of rotatable bonds is 4. The average molecular weight is 630 g/mol. The number of hydrogen-bond acceptors (Lipinski definition) is 3. The maximum atomic E-state index is 5.38. The van der Waals surface area contributed by atoms with Crippen molar-refractivity contribution in [3.05, 3.63) is 164 Å². The van der Waals surface area contributed by atoms with Crippen molar-refractivity contribution in [1.82, 2.24) is 14.5 Å². The maximum Gasteiger partial charge on any atom is 0.235 e. The van der Waals surface area contributed by atoms with Crippen LogP contribution in [0, 0.1) is 0 Å². The highest BCUT2D eigenvalue weighted by Crippen LogP contribution is 2.43. The summed E-state index contributed by atoms with van der Waals surface area (Å²) in [5, 5.41) is 6.09. The van der Waals surface area contributed by atoms with E-state index in [1.54, 1.807) is 0 Å². The molecular formula is C44H27N3S. The van der Waals surface area contributed by atoms with Crippen molar-refractivity contribution in [2.75, 3.05) is 0 Å². The van der Waals surface area contributed by atoms with Crippen molar-refractivity contribution in [2.24, 2.45) is 0 Å². The summed E-state index contributed by atoms with van der Waals surface area (Å²) in [5.74, 6) is 0.674. The summed E-state index contributed by atoms with van der Waals surface area (Å²) < 4.78 is 4.85. The first kappa shape index (κ1) is 27.1. The molecule has 0 saturated carbocycles. The molecule has 7 aromatic carbocycles. The highest BCUT2D eigenvalue weighted by atomic mass is 32.1. The van der Waals surface area contributed by atoms with Crippen molar-refractivity contribution in [3.63, 3.8) is 0 Å². The van der Waals surface area contributed by atoms with Gasteiger partial charge in [-0.05, 0) is 52.6 Å². The van der Waals surface area contributed by atoms with Gasteiger partial charge in [0, 0.05) is 41.9 Å². The molecule has 10 rings (SSSR count). The largest absolute Gasteiger partial charge is 0.278 e. The number of benzene rings is 7. The van der Waals surface area contributed by atoms with E-state index in [1.165, 1.54) is 47.6 Å². The van der Waals surface area contributed by atoms with E-state index in [1.807, 2.05) is 11.3 Å². The topological polar surface area (TPSA) is 30.7 Å². The molecule has 0 aliphatic heterocycles. The molecule has 0 spiro atoms. The lowest BCUT2D eigenvalue weighted by molar-refractivity contribution is 1.01. The first-order valence-electron chi connectivity index (χ1n) is 16.2. The van der Waals surface area contributed by atoms with Gasteiger partial charge in [-0.3, -0.25) is 4.57 Å². The molecule has 0 unspecified atom stereocenters. The molecule has 48 heavy (non-hydrogen) atoms. The molecule has 0 N–H and O–H groups in total. The number of aromatic nitrogens is 3. The molecule has 4 heteroatoms. The summed E-state index contributed by atoms with van der Waals surface area (Å²) in [7, 11) is 0. The van der Waals surface area contributed by atoms with Gasteiger partial charge in [0.25, 0.3) is 0 Å². The van der Waals surface area contributed by atoms with Crippen LogP contribution in [0.25, 0.3) is 92.3 Å². The number of hydrogen-bond donors (Lipinski definition) is 0. The highest BCUT2D eigenvalue weighted by molar-refractivity contribution is 7.26. The van der Waals surface area contributed by atoms with Gasteiger partial charge in [0.15, 0.2) is 0 Å². The molecule has 3 aromatic heterocycles. The van der Waals surface area contributed by atoms with E-state index in [0.717, 1.165) is 38.8 Å². The van der Waals surface area contributed by atoms with Gasteiger partial charge in [0.05, 0.1) is 22.2 Å². The molecule has 3 nitrogen and oxygen atoms in total. The third-order valence-electron chi connectivity index (χ3n) is 9.43. The minimum Gasteiger partial charge on any atom is -0.278 e. The summed E-state index contributed by atoms with van der Waals surface area (Å²) in [6.45, 7) is 0. The smallest absolute Gasteiger partial charge is 0.235 e. The van der Waals surface area contributed by atoms with E-state index in [2.05, 4.69) is 168 Å². The molecular weight excluding hydrogens is 603 g/mol. The number of para-hydroxylation sites is 2. The van der Waals surface area contributed by atoms with Crippen molar-refractivity contribution < 1.29 is 0 Å². The van der Waals surface area contributed by atoms with Gasteiger partial charge in [-0.2, -0.15) is 0 Å². The third-order valence-corrected chi connectivity index (χ3v) is 10.6. The Hall–Kier alpha value is -6.10. The van der Waals surface area contributed by atoms with E-state index in [9.17, 15) is 0 Å². The van der Waals surface area contributed by atoms with Crippen LogP contribution in [0.5, 0.6) is 0 Å². The van der Waals surface area contributed by atoms with Crippen LogP contribution in [0.3, 0.4) is 0 Å². The second-order valence-electron chi connectivity index (χ2n) is 12.2. The lowest BCUT2D eigenvalue weighted by atomic mass is 9.97. The predicted molar refractivity (Wildman–Crippen MR) is 203 cm³/mol. The first-order valence-corrected chi connectivity index (χ1v) is 17.0. The van der Waals surface area contributed by atoms with Crippen LogP contribution in [-0.4, -0.2) is 14.5 Å². The summed E-state index contributed by atoms with van der Waals surface area (Å²) in [5.41, 5.74) is 9.88. The standard InChI is InChI=1S/C44H27N3S/c1-2-11-28(12-3-1)29-21-23-30(24-22-29)31-13-10-14-32(27-31)42-35-16-4-7-18-37(35)45-44(46-42)47-38-19-8-5-17-36(38)41-39(47)26-25-34-33-15-6-9-20-40(33)48-43(34)41/h1-27H. The minimum atomic E-state index is 0.674. The van der Waals surface area contributed by atoms with Gasteiger partial charge in [0.1, 0.15) is 0 Å². The summed E-state index contributed by atoms with van der Waals surface area (Å²) in [6, 6.07) is 58.2. The Bertz CT molecular complexity index is 2830. The maximum absolute atomic E-state index is 5.38. The van der Waals surface area contributed by atoms with Crippen LogP contribution in [0.4, 0.5) is 0 Å². The molecule has 224 valence electrons. The van der Waals surface area contributed by atoms with Crippen LogP contribution in [-0.2, 0) is 0 Å². The summed E-state index contributed by atoms with van der Waals surface area (Å²) >= 11 is 1.86. The van der Waals surface area contributed by atoms with Crippen LogP contribution in [0.1, 0.15) is 0 Å². The Labute approximate surface area is 281 Å². The third kappa shape index (κ3) is 4.20. The first-order chi connectivity index (χ1) is 23.8. The Kier molecular flexibility index (Phi) is 6.05. The van der Waals surface area contributed by atoms with Crippen LogP contribution in [0.2, 0.25) is 0 Å². The quantitative estimate of drug-likeness (QED) is 0.194. The molecule has 0 aliphatic rings. The van der Waals surface area contributed by atoms with Gasteiger partial charge >= 0.3 is 0 Å². The van der Waals surface area contributed by atoms with Crippen LogP contribution < -0.4 is 0 Å². The molecule has 0 atom stereocenters. The van der Waals surface area contributed by atoms with Crippen LogP contribution in [0.15, 0.2) is 164 Å². The average Bonchev–Trinajstić information content (AvgIpc) is 3.71. The SMILES string of the molecule is c1ccc(-c2ccc(-c3cccc(-c4nc(-n5c6ccccc6c6c7sc8ccccc8c7ccc65)nc5ccccc45)c3)cc2)cc1. The fourth-order valence-electron chi connectivity index (χ4n) is 7.17. The molecule has 0 saturated heterocycles. The summed E-state index contributed by atoms with van der Waals surface area (Å²) in [6.07, 6.45) is 0. The van der Waals surface area contributed by atoms with E-state index < -0.39 is 0 Å². The number of nitrogens with zero attached hydrogens (tertiary/aromatic N) is 3. The number of thiophene rings is 1. The molecule has 0 bridgehead atoms. The van der Waals surface area contributed by atoms with Gasteiger partial charge in [-0.25, -0.2) is 9.97 Å².